The molecule has 7 heteroatoms. The van der Waals surface area contributed by atoms with Crippen LogP contribution in [-0.4, -0.2) is 15.8 Å². The number of imidazole rings is 1. The van der Waals surface area contributed by atoms with E-state index in [4.69, 9.17) is 4.74 Å². The molecule has 0 bridgehead atoms. The minimum Gasteiger partial charge on any atom is -0.488 e. The van der Waals surface area contributed by atoms with Gasteiger partial charge in [0.2, 0.25) is 5.95 Å². The zero-order valence-corrected chi connectivity index (χ0v) is 18.8. The van der Waals surface area contributed by atoms with Crippen molar-refractivity contribution in [3.8, 4) is 5.75 Å². The van der Waals surface area contributed by atoms with E-state index in [9.17, 15) is 0 Å². The molecule has 5 nitrogen and oxygen atoms in total. The average molecular weight is 514 g/mol. The fourth-order valence-electron chi connectivity index (χ4n) is 2.87. The standard InChI is InChI=1S/C22H18Br2N4O/c1-28-20-5-3-2-4-19(20)26-22(28)27-25-13-16-8-11-21(18(24)12-16)29-14-15-6-9-17(23)10-7-15/h2-13H,14H2,1H3,(H,26,27)/b25-13-. The van der Waals surface area contributed by atoms with Crippen LogP contribution in [-0.2, 0) is 13.7 Å². The van der Waals surface area contributed by atoms with Crippen molar-refractivity contribution in [3.05, 3.63) is 86.8 Å². The lowest BCUT2D eigenvalue weighted by Gasteiger charge is -2.09. The smallest absolute Gasteiger partial charge is 0.224 e. The molecule has 3 aromatic carbocycles. The number of hydrazone groups is 1. The molecule has 0 fully saturated rings. The van der Waals surface area contributed by atoms with Crippen molar-refractivity contribution in [3.63, 3.8) is 0 Å². The summed E-state index contributed by atoms with van der Waals surface area (Å²) in [6, 6.07) is 21.9. The molecule has 0 aliphatic heterocycles. The first-order valence-electron chi connectivity index (χ1n) is 8.97. The molecule has 146 valence electrons. The van der Waals surface area contributed by atoms with Crippen LogP contribution in [0.1, 0.15) is 11.1 Å². The van der Waals surface area contributed by atoms with Crippen LogP contribution < -0.4 is 10.2 Å². The lowest BCUT2D eigenvalue weighted by molar-refractivity contribution is 0.304. The van der Waals surface area contributed by atoms with Gasteiger partial charge in [-0.05, 0) is 69.5 Å². The van der Waals surface area contributed by atoms with Crippen molar-refractivity contribution >= 4 is 55.1 Å². The Morgan fingerprint density at radius 2 is 1.86 bits per heavy atom. The van der Waals surface area contributed by atoms with Crippen LogP contribution in [0.4, 0.5) is 5.95 Å². The van der Waals surface area contributed by atoms with Crippen LogP contribution in [0.2, 0.25) is 0 Å². The van der Waals surface area contributed by atoms with Crippen molar-refractivity contribution in [2.75, 3.05) is 5.43 Å². The van der Waals surface area contributed by atoms with Gasteiger partial charge in [-0.2, -0.15) is 5.10 Å². The highest BCUT2D eigenvalue weighted by Crippen LogP contribution is 2.26. The zero-order valence-electron chi connectivity index (χ0n) is 15.6. The zero-order chi connectivity index (χ0) is 20.2. The number of benzene rings is 3. The fourth-order valence-corrected chi connectivity index (χ4v) is 3.64. The van der Waals surface area contributed by atoms with Gasteiger partial charge in [-0.25, -0.2) is 10.4 Å². The topological polar surface area (TPSA) is 51.4 Å². The van der Waals surface area contributed by atoms with E-state index < -0.39 is 0 Å². The molecule has 0 radical (unpaired) electrons. The quantitative estimate of drug-likeness (QED) is 0.249. The maximum atomic E-state index is 5.91. The van der Waals surface area contributed by atoms with Crippen LogP contribution in [0.15, 0.2) is 80.8 Å². The number of para-hydroxylation sites is 2. The Bertz CT molecular complexity index is 1170. The van der Waals surface area contributed by atoms with Gasteiger partial charge < -0.3 is 9.30 Å². The van der Waals surface area contributed by atoms with E-state index in [0.29, 0.717) is 12.6 Å². The molecule has 0 aliphatic carbocycles. The van der Waals surface area contributed by atoms with Crippen LogP contribution in [0, 0.1) is 0 Å². The molecule has 1 N–H and O–H groups in total. The number of aryl methyl sites for hydroxylation is 1. The molecule has 0 amide bonds. The summed E-state index contributed by atoms with van der Waals surface area (Å²) in [6.07, 6.45) is 1.75. The van der Waals surface area contributed by atoms with Gasteiger partial charge >= 0.3 is 0 Å². The van der Waals surface area contributed by atoms with Gasteiger partial charge in [-0.3, -0.25) is 0 Å². The number of halogens is 2. The Hall–Kier alpha value is -2.64. The number of anilines is 1. The maximum Gasteiger partial charge on any atom is 0.224 e. The van der Waals surface area contributed by atoms with Gasteiger partial charge in [-0.1, -0.05) is 40.2 Å². The molecule has 0 unspecified atom stereocenters. The maximum absolute atomic E-state index is 5.91. The monoisotopic (exact) mass is 512 g/mol. The molecule has 1 heterocycles. The summed E-state index contributed by atoms with van der Waals surface area (Å²) in [5.41, 5.74) is 7.05. The average Bonchev–Trinajstić information content (AvgIpc) is 3.05. The number of nitrogens with zero attached hydrogens (tertiary/aromatic N) is 3. The molecule has 1 aromatic heterocycles. The van der Waals surface area contributed by atoms with Crippen LogP contribution in [0.5, 0.6) is 5.75 Å². The number of aromatic nitrogens is 2. The van der Waals surface area contributed by atoms with Gasteiger partial charge in [0.1, 0.15) is 12.4 Å². The second kappa shape index (κ2) is 8.80. The molecular weight excluding hydrogens is 496 g/mol. The van der Waals surface area contributed by atoms with Crippen molar-refractivity contribution < 1.29 is 4.74 Å². The van der Waals surface area contributed by atoms with Crippen LogP contribution in [0.25, 0.3) is 11.0 Å². The molecule has 29 heavy (non-hydrogen) atoms. The number of fused-ring (bicyclic) bond motifs is 1. The molecule has 0 saturated heterocycles. The highest BCUT2D eigenvalue weighted by molar-refractivity contribution is 9.10. The van der Waals surface area contributed by atoms with Crippen molar-refractivity contribution in [1.82, 2.24) is 9.55 Å². The van der Waals surface area contributed by atoms with Gasteiger partial charge in [0.05, 0.1) is 21.7 Å². The third-order valence-electron chi connectivity index (χ3n) is 4.43. The highest BCUT2D eigenvalue weighted by Gasteiger charge is 2.06. The number of ether oxygens (including phenoxy) is 1. The molecule has 0 atom stereocenters. The minimum absolute atomic E-state index is 0.508. The Morgan fingerprint density at radius 3 is 2.62 bits per heavy atom. The Morgan fingerprint density at radius 1 is 1.07 bits per heavy atom. The van der Waals surface area contributed by atoms with E-state index in [-0.39, 0.29) is 0 Å². The summed E-state index contributed by atoms with van der Waals surface area (Å²) >= 11 is 7.01. The third kappa shape index (κ3) is 4.68. The first kappa shape index (κ1) is 19.7. The molecule has 0 saturated carbocycles. The Kier molecular flexibility index (Phi) is 5.97. The van der Waals surface area contributed by atoms with E-state index >= 15 is 0 Å². The lowest BCUT2D eigenvalue weighted by atomic mass is 10.2. The number of hydrogen-bond donors (Lipinski definition) is 1. The molecule has 0 aliphatic rings. The van der Waals surface area contributed by atoms with Gasteiger partial charge in [-0.15, -0.1) is 0 Å². The predicted octanol–water partition coefficient (Wildman–Crippen LogP) is 6.12. The molecule has 4 aromatic rings. The molecule has 0 spiro atoms. The summed E-state index contributed by atoms with van der Waals surface area (Å²) in [5.74, 6) is 1.48. The highest BCUT2D eigenvalue weighted by atomic mass is 79.9. The lowest BCUT2D eigenvalue weighted by Crippen LogP contribution is -1.99. The SMILES string of the molecule is Cn1c(N/N=C\c2ccc(OCc3ccc(Br)cc3)c(Br)c2)nc2ccccc21. The Labute approximate surface area is 185 Å². The van der Waals surface area contributed by atoms with Gasteiger partial charge in [0, 0.05) is 11.5 Å². The van der Waals surface area contributed by atoms with Gasteiger partial charge in [0.25, 0.3) is 0 Å². The normalized spacial score (nSPS) is 11.3. The summed E-state index contributed by atoms with van der Waals surface area (Å²) in [5, 5.41) is 4.32. The Balaban J connectivity index is 1.40. The molecular formula is C22H18Br2N4O. The summed E-state index contributed by atoms with van der Waals surface area (Å²) < 4.78 is 9.81. The summed E-state index contributed by atoms with van der Waals surface area (Å²) in [6.45, 7) is 0.508. The fraction of sp³-hybridized carbons (Fsp3) is 0.0909. The number of nitrogens with one attached hydrogen (secondary N) is 1. The van der Waals surface area contributed by atoms with Gasteiger partial charge in [0.15, 0.2) is 0 Å². The van der Waals surface area contributed by atoms with E-state index in [2.05, 4.69) is 47.4 Å². The van der Waals surface area contributed by atoms with E-state index in [1.54, 1.807) is 6.21 Å². The minimum atomic E-state index is 0.508. The number of rotatable bonds is 6. The number of hydrogen-bond acceptors (Lipinski definition) is 4. The first-order chi connectivity index (χ1) is 14.1. The van der Waals surface area contributed by atoms with Crippen molar-refractivity contribution in [2.45, 2.75) is 6.61 Å². The van der Waals surface area contributed by atoms with Crippen LogP contribution in [0.3, 0.4) is 0 Å². The second-order valence-corrected chi connectivity index (χ2v) is 8.23. The van der Waals surface area contributed by atoms with E-state index in [1.807, 2.05) is 78.3 Å². The third-order valence-corrected chi connectivity index (χ3v) is 5.58. The van der Waals surface area contributed by atoms with Crippen molar-refractivity contribution in [1.29, 1.82) is 0 Å². The largest absolute Gasteiger partial charge is 0.488 e. The van der Waals surface area contributed by atoms with Crippen molar-refractivity contribution in [2.24, 2.45) is 12.1 Å². The van der Waals surface area contributed by atoms with E-state index in [1.165, 1.54) is 0 Å². The summed E-state index contributed by atoms with van der Waals surface area (Å²) in [4.78, 5) is 4.54. The van der Waals surface area contributed by atoms with Crippen LogP contribution >= 0.6 is 31.9 Å². The first-order valence-corrected chi connectivity index (χ1v) is 10.6. The second-order valence-electron chi connectivity index (χ2n) is 6.46. The summed E-state index contributed by atoms with van der Waals surface area (Å²) in [7, 11) is 1.96. The molecule has 4 rings (SSSR count). The predicted molar refractivity (Wildman–Crippen MR) is 125 cm³/mol. The van der Waals surface area contributed by atoms with E-state index in [0.717, 1.165) is 36.9 Å².